The second-order valence-electron chi connectivity index (χ2n) is 4.14. The predicted molar refractivity (Wildman–Crippen MR) is 68.3 cm³/mol. The van der Waals surface area contributed by atoms with Crippen LogP contribution < -0.4 is 11.4 Å². The molecule has 98 valence electrons. The van der Waals surface area contributed by atoms with Crippen molar-refractivity contribution in [2.75, 3.05) is 12.3 Å². The summed E-state index contributed by atoms with van der Waals surface area (Å²) in [6, 6.07) is 0. The van der Waals surface area contributed by atoms with Gasteiger partial charge in [0.05, 0.1) is 5.69 Å². The van der Waals surface area contributed by atoms with Crippen molar-refractivity contribution in [3.63, 3.8) is 0 Å². The van der Waals surface area contributed by atoms with Crippen molar-refractivity contribution in [2.45, 2.75) is 32.7 Å². The van der Waals surface area contributed by atoms with Crippen LogP contribution >= 0.6 is 0 Å². The van der Waals surface area contributed by atoms with E-state index in [4.69, 9.17) is 10.8 Å². The van der Waals surface area contributed by atoms with E-state index >= 15 is 0 Å². The first-order valence-electron chi connectivity index (χ1n) is 6.03. The molecule has 0 saturated heterocycles. The van der Waals surface area contributed by atoms with Crippen molar-refractivity contribution in [3.8, 4) is 0 Å². The molecule has 18 heavy (non-hydrogen) atoms. The van der Waals surface area contributed by atoms with Crippen molar-refractivity contribution in [1.29, 1.82) is 0 Å². The molecule has 0 saturated carbocycles. The van der Waals surface area contributed by atoms with Crippen LogP contribution in [0.2, 0.25) is 0 Å². The molecule has 7 nitrogen and oxygen atoms in total. The standard InChI is InChI=1S/C11H17N5O2/c1-2-5-16-9-8(14-10(12)15-9)7(4-3-6-17)13-11(16)18/h17H,2-6H2,1H3,(H3,12,14,15). The van der Waals surface area contributed by atoms with Crippen LogP contribution in [-0.4, -0.2) is 31.2 Å². The third kappa shape index (κ3) is 2.21. The fourth-order valence-corrected chi connectivity index (χ4v) is 1.95. The lowest BCUT2D eigenvalue weighted by molar-refractivity contribution is 0.288. The van der Waals surface area contributed by atoms with Gasteiger partial charge < -0.3 is 15.8 Å². The number of H-pyrrole nitrogens is 1. The largest absolute Gasteiger partial charge is 0.396 e. The van der Waals surface area contributed by atoms with E-state index in [2.05, 4.69) is 15.0 Å². The third-order valence-corrected chi connectivity index (χ3v) is 2.73. The maximum absolute atomic E-state index is 11.9. The summed E-state index contributed by atoms with van der Waals surface area (Å²) in [5.41, 5.74) is 7.17. The van der Waals surface area contributed by atoms with Crippen LogP contribution in [0.3, 0.4) is 0 Å². The van der Waals surface area contributed by atoms with E-state index in [0.717, 1.165) is 6.42 Å². The molecule has 0 radical (unpaired) electrons. The highest BCUT2D eigenvalue weighted by atomic mass is 16.2. The zero-order valence-electron chi connectivity index (χ0n) is 10.3. The number of nitrogens with one attached hydrogen (secondary N) is 1. The molecule has 2 aromatic heterocycles. The SMILES string of the molecule is CCCn1c(=O)nc(CCCO)c2[nH]c(N)nc21. The number of nitrogen functional groups attached to an aromatic ring is 1. The minimum absolute atomic E-state index is 0.0604. The van der Waals surface area contributed by atoms with Crippen molar-refractivity contribution < 1.29 is 5.11 Å². The quantitative estimate of drug-likeness (QED) is 0.694. The Kier molecular flexibility index (Phi) is 3.61. The Bertz CT molecular complexity index is 601. The summed E-state index contributed by atoms with van der Waals surface area (Å²) in [7, 11) is 0. The first-order chi connectivity index (χ1) is 8.67. The van der Waals surface area contributed by atoms with Crippen LogP contribution in [0.5, 0.6) is 0 Å². The summed E-state index contributed by atoms with van der Waals surface area (Å²) >= 11 is 0. The minimum Gasteiger partial charge on any atom is -0.396 e. The summed E-state index contributed by atoms with van der Waals surface area (Å²) in [4.78, 5) is 23.0. The molecular weight excluding hydrogens is 234 g/mol. The number of imidazole rings is 1. The number of aliphatic hydroxyl groups excluding tert-OH is 1. The van der Waals surface area contributed by atoms with E-state index in [-0.39, 0.29) is 18.2 Å². The van der Waals surface area contributed by atoms with Gasteiger partial charge in [-0.15, -0.1) is 0 Å². The van der Waals surface area contributed by atoms with Crippen LogP contribution in [-0.2, 0) is 13.0 Å². The number of anilines is 1. The van der Waals surface area contributed by atoms with E-state index < -0.39 is 0 Å². The number of aryl methyl sites for hydroxylation is 2. The highest BCUT2D eigenvalue weighted by molar-refractivity contribution is 5.75. The average Bonchev–Trinajstić information content (AvgIpc) is 2.72. The Hall–Kier alpha value is -1.89. The molecule has 2 heterocycles. The fraction of sp³-hybridized carbons (Fsp3) is 0.545. The van der Waals surface area contributed by atoms with E-state index in [9.17, 15) is 4.79 Å². The number of hydrogen-bond donors (Lipinski definition) is 3. The molecule has 2 rings (SSSR count). The van der Waals surface area contributed by atoms with Crippen LogP contribution in [0.4, 0.5) is 5.95 Å². The molecule has 0 atom stereocenters. The second-order valence-corrected chi connectivity index (χ2v) is 4.14. The van der Waals surface area contributed by atoms with Crippen LogP contribution in [0.15, 0.2) is 4.79 Å². The number of aliphatic hydroxyl groups is 1. The van der Waals surface area contributed by atoms with Gasteiger partial charge >= 0.3 is 5.69 Å². The summed E-state index contributed by atoms with van der Waals surface area (Å²) in [6.07, 6.45) is 1.90. The first-order valence-corrected chi connectivity index (χ1v) is 6.03. The van der Waals surface area contributed by atoms with Gasteiger partial charge in [-0.2, -0.15) is 9.97 Å². The van der Waals surface area contributed by atoms with Crippen molar-refractivity contribution >= 4 is 17.1 Å². The molecule has 2 aromatic rings. The molecule has 0 unspecified atom stereocenters. The molecule has 4 N–H and O–H groups in total. The zero-order chi connectivity index (χ0) is 13.1. The monoisotopic (exact) mass is 251 g/mol. The number of rotatable bonds is 5. The molecule has 0 aliphatic rings. The molecule has 0 bridgehead atoms. The van der Waals surface area contributed by atoms with Gasteiger partial charge in [-0.05, 0) is 19.3 Å². The lowest BCUT2D eigenvalue weighted by atomic mass is 10.2. The second kappa shape index (κ2) is 5.18. The first kappa shape index (κ1) is 12.6. The smallest absolute Gasteiger partial charge is 0.349 e. The predicted octanol–water partition coefficient (Wildman–Crippen LogP) is 0.0367. The molecule has 7 heteroatoms. The summed E-state index contributed by atoms with van der Waals surface area (Å²) in [6.45, 7) is 2.60. The molecule has 0 amide bonds. The molecule has 0 aliphatic carbocycles. The highest BCUT2D eigenvalue weighted by Gasteiger charge is 2.13. The Morgan fingerprint density at radius 3 is 2.89 bits per heavy atom. The third-order valence-electron chi connectivity index (χ3n) is 2.73. The average molecular weight is 251 g/mol. The van der Waals surface area contributed by atoms with E-state index in [1.165, 1.54) is 4.57 Å². The lowest BCUT2D eigenvalue weighted by Gasteiger charge is -2.06. The lowest BCUT2D eigenvalue weighted by Crippen LogP contribution is -2.25. The number of fused-ring (bicyclic) bond motifs is 1. The van der Waals surface area contributed by atoms with Gasteiger partial charge in [0.2, 0.25) is 0 Å². The molecule has 0 spiro atoms. The number of aromatic nitrogens is 4. The minimum atomic E-state index is -0.316. The molecule has 0 fully saturated rings. The number of nitrogens with two attached hydrogens (primary N) is 1. The molecule has 0 aliphatic heterocycles. The Balaban J connectivity index is 2.60. The zero-order valence-corrected chi connectivity index (χ0v) is 10.3. The normalized spacial score (nSPS) is 11.2. The van der Waals surface area contributed by atoms with Crippen molar-refractivity contribution in [1.82, 2.24) is 19.5 Å². The number of nitrogens with zero attached hydrogens (tertiary/aromatic N) is 3. The number of hydrogen-bond acceptors (Lipinski definition) is 5. The Morgan fingerprint density at radius 2 is 2.22 bits per heavy atom. The maximum atomic E-state index is 11.9. The summed E-state index contributed by atoms with van der Waals surface area (Å²) < 4.78 is 1.52. The van der Waals surface area contributed by atoms with Gasteiger partial charge in [0, 0.05) is 13.2 Å². The van der Waals surface area contributed by atoms with Gasteiger partial charge in [-0.25, -0.2) is 4.79 Å². The van der Waals surface area contributed by atoms with Gasteiger partial charge in [0.1, 0.15) is 5.52 Å². The van der Waals surface area contributed by atoms with Gasteiger partial charge in [0.25, 0.3) is 0 Å². The Morgan fingerprint density at radius 1 is 1.44 bits per heavy atom. The topological polar surface area (TPSA) is 110 Å². The van der Waals surface area contributed by atoms with Crippen molar-refractivity contribution in [3.05, 3.63) is 16.2 Å². The summed E-state index contributed by atoms with van der Waals surface area (Å²) in [5, 5.41) is 8.85. The molecular formula is C11H17N5O2. The van der Waals surface area contributed by atoms with Crippen LogP contribution in [0.25, 0.3) is 11.2 Å². The molecule has 0 aromatic carbocycles. The van der Waals surface area contributed by atoms with E-state index in [1.807, 2.05) is 6.92 Å². The Labute approximate surface area is 104 Å². The maximum Gasteiger partial charge on any atom is 0.349 e. The van der Waals surface area contributed by atoms with E-state index in [1.54, 1.807) is 0 Å². The highest BCUT2D eigenvalue weighted by Crippen LogP contribution is 2.15. The number of aromatic amines is 1. The summed E-state index contributed by atoms with van der Waals surface area (Å²) in [5.74, 6) is 0.271. The van der Waals surface area contributed by atoms with Gasteiger partial charge in [-0.1, -0.05) is 6.92 Å². The van der Waals surface area contributed by atoms with Gasteiger partial charge in [0.15, 0.2) is 11.6 Å². The van der Waals surface area contributed by atoms with Crippen LogP contribution in [0.1, 0.15) is 25.5 Å². The van der Waals surface area contributed by atoms with Crippen LogP contribution in [0, 0.1) is 0 Å². The van der Waals surface area contributed by atoms with E-state index in [0.29, 0.717) is 36.2 Å². The van der Waals surface area contributed by atoms with Crippen molar-refractivity contribution in [2.24, 2.45) is 0 Å². The fourth-order valence-electron chi connectivity index (χ4n) is 1.95. The van der Waals surface area contributed by atoms with Gasteiger partial charge in [-0.3, -0.25) is 4.57 Å².